The van der Waals surface area contributed by atoms with Crippen LogP contribution in [0.3, 0.4) is 0 Å². The molecule has 17 heteroatoms. The molecular formula is C33H48N8O9. The van der Waals surface area contributed by atoms with Crippen LogP contribution >= 0.6 is 0 Å². The zero-order valence-electron chi connectivity index (χ0n) is 28.0. The second-order valence-corrected chi connectivity index (χ2v) is 11.9. The Hall–Kier alpha value is -5.42. The van der Waals surface area contributed by atoms with Crippen molar-refractivity contribution >= 4 is 35.6 Å². The highest BCUT2D eigenvalue weighted by molar-refractivity contribution is 5.95. The van der Waals surface area contributed by atoms with Crippen molar-refractivity contribution in [3.63, 3.8) is 0 Å². The molecule has 2 rings (SSSR count). The molecule has 14 N–H and O–H groups in total. The molecule has 0 fully saturated rings. The van der Waals surface area contributed by atoms with Crippen LogP contribution in [-0.2, 0) is 36.8 Å². The third-order valence-electron chi connectivity index (χ3n) is 7.91. The second kappa shape index (κ2) is 20.2. The van der Waals surface area contributed by atoms with E-state index in [1.807, 2.05) is 6.92 Å². The lowest BCUT2D eigenvalue weighted by molar-refractivity contribution is -0.142. The van der Waals surface area contributed by atoms with E-state index in [1.165, 1.54) is 48.5 Å². The molecule has 0 heterocycles. The third kappa shape index (κ3) is 13.6. The van der Waals surface area contributed by atoms with Gasteiger partial charge >= 0.3 is 5.97 Å². The lowest BCUT2D eigenvalue weighted by Crippen LogP contribution is -2.60. The van der Waals surface area contributed by atoms with Crippen molar-refractivity contribution in [3.8, 4) is 11.5 Å². The summed E-state index contributed by atoms with van der Waals surface area (Å²) < 4.78 is 0. The molecule has 2 aromatic carbocycles. The van der Waals surface area contributed by atoms with Crippen molar-refractivity contribution < 1.29 is 44.4 Å². The van der Waals surface area contributed by atoms with Gasteiger partial charge in [0.05, 0.1) is 12.6 Å². The SMILES string of the molecule is CC[C@H](C)[C@H](NC(=O)[C@@H](N)CCCN=C(N)N)C(=O)N[C@@H](Cc1ccc(O)cc1)C(=O)N[C@@H](CO)C(=O)N[C@@H](Cc1ccc(O)cc1)C(=O)O. The summed E-state index contributed by atoms with van der Waals surface area (Å²) in [5, 5.41) is 48.9. The summed E-state index contributed by atoms with van der Waals surface area (Å²) in [6.45, 7) is 2.89. The average Bonchev–Trinajstić information content (AvgIpc) is 3.08. The first-order valence-corrected chi connectivity index (χ1v) is 16.1. The molecule has 0 saturated carbocycles. The number of nitrogens with zero attached hydrogens (tertiary/aromatic N) is 1. The number of aromatic hydroxyl groups is 2. The Morgan fingerprint density at radius 2 is 1.22 bits per heavy atom. The van der Waals surface area contributed by atoms with Crippen LogP contribution in [-0.4, -0.2) is 99.3 Å². The van der Waals surface area contributed by atoms with E-state index in [0.717, 1.165) is 0 Å². The summed E-state index contributed by atoms with van der Waals surface area (Å²) >= 11 is 0. The summed E-state index contributed by atoms with van der Waals surface area (Å²) in [5.41, 5.74) is 17.7. The molecular weight excluding hydrogens is 652 g/mol. The van der Waals surface area contributed by atoms with Gasteiger partial charge < -0.3 is 58.9 Å². The number of aliphatic carboxylic acids is 1. The summed E-state index contributed by atoms with van der Waals surface area (Å²) in [6, 6.07) is 5.01. The van der Waals surface area contributed by atoms with E-state index in [4.69, 9.17) is 17.2 Å². The van der Waals surface area contributed by atoms with Gasteiger partial charge in [-0.25, -0.2) is 4.79 Å². The largest absolute Gasteiger partial charge is 0.508 e. The monoisotopic (exact) mass is 700 g/mol. The predicted molar refractivity (Wildman–Crippen MR) is 183 cm³/mol. The van der Waals surface area contributed by atoms with Crippen LogP contribution in [0.15, 0.2) is 53.5 Å². The number of nitrogens with two attached hydrogens (primary N) is 3. The zero-order valence-corrected chi connectivity index (χ0v) is 28.0. The van der Waals surface area contributed by atoms with Crippen LogP contribution < -0.4 is 38.5 Å². The molecule has 0 unspecified atom stereocenters. The maximum Gasteiger partial charge on any atom is 0.326 e. The summed E-state index contributed by atoms with van der Waals surface area (Å²) in [7, 11) is 0. The van der Waals surface area contributed by atoms with Crippen molar-refractivity contribution in [2.24, 2.45) is 28.1 Å². The number of aliphatic imine (C=N–C) groups is 1. The van der Waals surface area contributed by atoms with E-state index < -0.39 is 72.3 Å². The van der Waals surface area contributed by atoms with Crippen LogP contribution in [0.2, 0.25) is 0 Å². The normalized spacial score (nSPS) is 14.5. The first-order valence-electron chi connectivity index (χ1n) is 16.1. The molecule has 0 radical (unpaired) electrons. The molecule has 0 aliphatic heterocycles. The number of amides is 4. The molecule has 6 atom stereocenters. The quantitative estimate of drug-likeness (QED) is 0.0420. The highest BCUT2D eigenvalue weighted by Crippen LogP contribution is 2.14. The van der Waals surface area contributed by atoms with Gasteiger partial charge in [-0.1, -0.05) is 44.5 Å². The summed E-state index contributed by atoms with van der Waals surface area (Å²) in [4.78, 5) is 69.1. The maximum absolute atomic E-state index is 13.7. The van der Waals surface area contributed by atoms with Crippen molar-refractivity contribution in [2.45, 2.75) is 76.2 Å². The fourth-order valence-corrected chi connectivity index (χ4v) is 4.76. The predicted octanol–water partition coefficient (Wildman–Crippen LogP) is -1.67. The Balaban J connectivity index is 2.24. The molecule has 0 saturated heterocycles. The van der Waals surface area contributed by atoms with E-state index in [-0.39, 0.29) is 43.3 Å². The topological polar surface area (TPSA) is 305 Å². The van der Waals surface area contributed by atoms with Crippen LogP contribution in [0.4, 0.5) is 0 Å². The summed E-state index contributed by atoms with van der Waals surface area (Å²) in [5.74, 6) is -5.15. The Bertz CT molecular complexity index is 1470. The average molecular weight is 701 g/mol. The number of phenolic OH excluding ortho intramolecular Hbond substituents is 2. The first-order chi connectivity index (χ1) is 23.6. The van der Waals surface area contributed by atoms with Crippen molar-refractivity contribution in [3.05, 3.63) is 59.7 Å². The van der Waals surface area contributed by atoms with Gasteiger partial charge in [-0.2, -0.15) is 0 Å². The first kappa shape index (κ1) is 40.8. The molecule has 0 bridgehead atoms. The Labute approximate surface area is 289 Å². The number of aliphatic hydroxyl groups excluding tert-OH is 1. The molecule has 0 aliphatic rings. The van der Waals surface area contributed by atoms with Gasteiger partial charge in [0.15, 0.2) is 5.96 Å². The number of hydrogen-bond donors (Lipinski definition) is 11. The second-order valence-electron chi connectivity index (χ2n) is 11.9. The molecule has 50 heavy (non-hydrogen) atoms. The van der Waals surface area contributed by atoms with Crippen LogP contribution in [0.25, 0.3) is 0 Å². The molecule has 17 nitrogen and oxygen atoms in total. The number of hydrogen-bond acceptors (Lipinski definition) is 10. The van der Waals surface area contributed by atoms with Crippen molar-refractivity contribution in [1.29, 1.82) is 0 Å². The van der Waals surface area contributed by atoms with Crippen LogP contribution in [0.1, 0.15) is 44.2 Å². The third-order valence-corrected chi connectivity index (χ3v) is 7.91. The number of guanidine groups is 1. The van der Waals surface area contributed by atoms with Crippen LogP contribution in [0.5, 0.6) is 11.5 Å². The summed E-state index contributed by atoms with van der Waals surface area (Å²) in [6.07, 6.45) is 0.822. The number of phenols is 2. The number of carboxylic acid groups (broad SMARTS) is 1. The molecule has 274 valence electrons. The fraction of sp³-hybridized carbons (Fsp3) is 0.455. The fourth-order valence-electron chi connectivity index (χ4n) is 4.76. The Morgan fingerprint density at radius 3 is 1.70 bits per heavy atom. The molecule has 2 aromatic rings. The molecule has 0 aromatic heterocycles. The minimum absolute atomic E-state index is 0.0286. The van der Waals surface area contributed by atoms with Crippen molar-refractivity contribution in [1.82, 2.24) is 21.3 Å². The molecule has 4 amide bonds. The van der Waals surface area contributed by atoms with Gasteiger partial charge in [-0.15, -0.1) is 0 Å². The van der Waals surface area contributed by atoms with Gasteiger partial charge in [-0.3, -0.25) is 24.2 Å². The maximum atomic E-state index is 13.7. The number of carbonyl (C=O) groups excluding carboxylic acids is 4. The van der Waals surface area contributed by atoms with Crippen LogP contribution in [0, 0.1) is 5.92 Å². The highest BCUT2D eigenvalue weighted by Gasteiger charge is 2.33. The van der Waals surface area contributed by atoms with E-state index in [2.05, 4.69) is 26.3 Å². The highest BCUT2D eigenvalue weighted by atomic mass is 16.4. The zero-order chi connectivity index (χ0) is 37.4. The van der Waals surface area contributed by atoms with E-state index in [9.17, 15) is 44.4 Å². The Morgan fingerprint density at radius 1 is 0.740 bits per heavy atom. The lowest BCUT2D eigenvalue weighted by atomic mass is 9.96. The Kier molecular flexibility index (Phi) is 16.4. The van der Waals surface area contributed by atoms with Crippen molar-refractivity contribution in [2.75, 3.05) is 13.2 Å². The number of rotatable bonds is 20. The van der Waals surface area contributed by atoms with Gasteiger partial charge in [0.1, 0.15) is 35.7 Å². The lowest BCUT2D eigenvalue weighted by Gasteiger charge is -2.28. The van der Waals surface area contributed by atoms with E-state index in [0.29, 0.717) is 24.0 Å². The number of carboxylic acids is 1. The van der Waals surface area contributed by atoms with Gasteiger partial charge in [0.2, 0.25) is 23.6 Å². The van der Waals surface area contributed by atoms with Gasteiger partial charge in [0.25, 0.3) is 0 Å². The molecule has 0 aliphatic carbocycles. The minimum Gasteiger partial charge on any atom is -0.508 e. The van der Waals surface area contributed by atoms with Gasteiger partial charge in [-0.05, 0) is 54.2 Å². The number of aliphatic hydroxyl groups is 1. The minimum atomic E-state index is -1.61. The van der Waals surface area contributed by atoms with E-state index >= 15 is 0 Å². The van der Waals surface area contributed by atoms with Gasteiger partial charge in [0, 0.05) is 19.4 Å². The number of nitrogens with one attached hydrogen (secondary N) is 4. The molecule has 0 spiro atoms. The van der Waals surface area contributed by atoms with E-state index in [1.54, 1.807) is 6.92 Å². The standard InChI is InChI=1S/C33H48N8O9/c1-3-18(2)27(41-28(45)23(34)5-4-14-37-33(35)36)31(48)38-24(15-19-6-10-21(43)11-7-19)29(46)40-26(17-42)30(47)39-25(32(49)50)16-20-8-12-22(44)13-9-20/h6-13,18,23-27,42-44H,3-5,14-17,34H2,1-2H3,(H,38,48)(H,39,47)(H,40,46)(H,41,45)(H,49,50)(H4,35,36,37)/t18-,23-,24-,25-,26-,27-/m0/s1. The number of carbonyl (C=O) groups is 5. The number of benzene rings is 2. The smallest absolute Gasteiger partial charge is 0.326 e.